The van der Waals surface area contributed by atoms with Crippen molar-refractivity contribution in [2.75, 3.05) is 13.6 Å². The number of nitrogens with one attached hydrogen (secondary N) is 2. The Morgan fingerprint density at radius 1 is 1.47 bits per heavy atom. The predicted octanol–water partition coefficient (Wildman–Crippen LogP) is 2.28. The highest BCUT2D eigenvalue weighted by Crippen LogP contribution is 2.24. The van der Waals surface area contributed by atoms with Crippen molar-refractivity contribution >= 4 is 17.5 Å². The lowest BCUT2D eigenvalue weighted by atomic mass is 10.2. The van der Waals surface area contributed by atoms with Crippen molar-refractivity contribution in [1.82, 2.24) is 10.6 Å². The molecule has 2 N–H and O–H groups in total. The van der Waals surface area contributed by atoms with Gasteiger partial charge in [0, 0.05) is 17.6 Å². The molecule has 1 amide bonds. The first kappa shape index (κ1) is 15.7. The standard InChI is InChI=1S/C12H15ClF2N2O2/c1-7(16-2)6-17-11(18)9-5-8(13)3-4-10(9)19-12(14)15/h3-5,7,12,16H,6H2,1-2H3,(H,17,18). The van der Waals surface area contributed by atoms with Crippen molar-refractivity contribution < 1.29 is 18.3 Å². The third-order valence-electron chi connectivity index (χ3n) is 2.46. The Morgan fingerprint density at radius 2 is 2.16 bits per heavy atom. The maximum Gasteiger partial charge on any atom is 0.387 e. The van der Waals surface area contributed by atoms with Crippen molar-refractivity contribution in [3.8, 4) is 5.75 Å². The first-order valence-corrected chi connectivity index (χ1v) is 6.01. The number of hydrogen-bond acceptors (Lipinski definition) is 3. The number of carbonyl (C=O) groups excluding carboxylic acids is 1. The average molecular weight is 293 g/mol. The maximum atomic E-state index is 12.2. The summed E-state index contributed by atoms with van der Waals surface area (Å²) in [6.07, 6.45) is 0. The molecule has 0 radical (unpaired) electrons. The van der Waals surface area contributed by atoms with Gasteiger partial charge in [-0.3, -0.25) is 4.79 Å². The van der Waals surface area contributed by atoms with Crippen molar-refractivity contribution in [2.45, 2.75) is 19.6 Å². The number of rotatable bonds is 6. The zero-order valence-electron chi connectivity index (χ0n) is 10.5. The zero-order valence-corrected chi connectivity index (χ0v) is 11.3. The highest BCUT2D eigenvalue weighted by molar-refractivity contribution is 6.31. The third-order valence-corrected chi connectivity index (χ3v) is 2.70. The molecule has 0 spiro atoms. The zero-order chi connectivity index (χ0) is 14.4. The van der Waals surface area contributed by atoms with E-state index in [9.17, 15) is 13.6 Å². The largest absolute Gasteiger partial charge is 0.434 e. The van der Waals surface area contributed by atoms with Crippen LogP contribution in [-0.4, -0.2) is 32.2 Å². The van der Waals surface area contributed by atoms with Crippen molar-refractivity contribution in [3.05, 3.63) is 28.8 Å². The van der Waals surface area contributed by atoms with Gasteiger partial charge in [-0.2, -0.15) is 8.78 Å². The molecule has 7 heteroatoms. The normalized spacial score (nSPS) is 12.3. The summed E-state index contributed by atoms with van der Waals surface area (Å²) >= 11 is 5.75. The minimum atomic E-state index is -3.00. The third kappa shape index (κ3) is 5.00. The fourth-order valence-electron chi connectivity index (χ4n) is 1.32. The summed E-state index contributed by atoms with van der Waals surface area (Å²) in [6.45, 7) is -0.769. The van der Waals surface area contributed by atoms with Crippen molar-refractivity contribution in [2.24, 2.45) is 0 Å². The number of benzene rings is 1. The van der Waals surface area contributed by atoms with Gasteiger partial charge in [-0.1, -0.05) is 11.6 Å². The van der Waals surface area contributed by atoms with Gasteiger partial charge in [-0.15, -0.1) is 0 Å². The molecule has 0 heterocycles. The average Bonchev–Trinajstić information content (AvgIpc) is 2.37. The quantitative estimate of drug-likeness (QED) is 0.846. The van der Waals surface area contributed by atoms with Gasteiger partial charge in [-0.25, -0.2) is 0 Å². The topological polar surface area (TPSA) is 50.4 Å². The molecular weight excluding hydrogens is 278 g/mol. The molecule has 19 heavy (non-hydrogen) atoms. The van der Waals surface area contributed by atoms with Crippen LogP contribution in [0.2, 0.25) is 5.02 Å². The lowest BCUT2D eigenvalue weighted by Crippen LogP contribution is -2.37. The molecule has 1 unspecified atom stereocenters. The molecular formula is C12H15ClF2N2O2. The lowest BCUT2D eigenvalue weighted by molar-refractivity contribution is -0.0501. The van der Waals surface area contributed by atoms with E-state index in [1.54, 1.807) is 7.05 Å². The van der Waals surface area contributed by atoms with E-state index >= 15 is 0 Å². The molecule has 0 aromatic heterocycles. The molecule has 1 aromatic rings. The second kappa shape index (κ2) is 7.25. The van der Waals surface area contributed by atoms with Gasteiger partial charge in [0.2, 0.25) is 0 Å². The van der Waals surface area contributed by atoms with E-state index in [4.69, 9.17) is 11.6 Å². The monoisotopic (exact) mass is 292 g/mol. The Morgan fingerprint density at radius 3 is 2.74 bits per heavy atom. The molecule has 4 nitrogen and oxygen atoms in total. The summed E-state index contributed by atoms with van der Waals surface area (Å²) in [7, 11) is 1.75. The van der Waals surface area contributed by atoms with E-state index in [0.717, 1.165) is 0 Å². The maximum absolute atomic E-state index is 12.2. The second-order valence-corrected chi connectivity index (χ2v) is 4.36. The van der Waals surface area contributed by atoms with Crippen LogP contribution in [0, 0.1) is 0 Å². The van der Waals surface area contributed by atoms with E-state index in [-0.39, 0.29) is 22.4 Å². The molecule has 106 valence electrons. The first-order chi connectivity index (χ1) is 8.93. The molecule has 1 aromatic carbocycles. The second-order valence-electron chi connectivity index (χ2n) is 3.92. The molecule has 0 saturated carbocycles. The number of alkyl halides is 2. The molecule has 0 saturated heterocycles. The van der Waals surface area contributed by atoms with E-state index in [2.05, 4.69) is 15.4 Å². The molecule has 0 bridgehead atoms. The summed E-state index contributed by atoms with van der Waals surface area (Å²) < 4.78 is 28.8. The van der Waals surface area contributed by atoms with E-state index in [1.807, 2.05) is 6.92 Å². The van der Waals surface area contributed by atoms with Gasteiger partial charge in [0.05, 0.1) is 5.56 Å². The molecule has 0 aliphatic carbocycles. The number of halogens is 3. The number of amides is 1. The van der Waals surface area contributed by atoms with Gasteiger partial charge in [0.15, 0.2) is 0 Å². The smallest absolute Gasteiger partial charge is 0.387 e. The van der Waals surface area contributed by atoms with Gasteiger partial charge >= 0.3 is 6.61 Å². The van der Waals surface area contributed by atoms with Crippen LogP contribution in [-0.2, 0) is 0 Å². The predicted molar refractivity (Wildman–Crippen MR) is 68.9 cm³/mol. The van der Waals surface area contributed by atoms with Crippen molar-refractivity contribution in [3.63, 3.8) is 0 Å². The van der Waals surface area contributed by atoms with Crippen molar-refractivity contribution in [1.29, 1.82) is 0 Å². The Labute approximate surface area is 115 Å². The Bertz CT molecular complexity index is 444. The lowest BCUT2D eigenvalue weighted by Gasteiger charge is -2.14. The van der Waals surface area contributed by atoms with Gasteiger partial charge < -0.3 is 15.4 Å². The van der Waals surface area contributed by atoms with Crippen LogP contribution in [0.3, 0.4) is 0 Å². The van der Waals surface area contributed by atoms with Crippen LogP contribution in [0.4, 0.5) is 8.78 Å². The fraction of sp³-hybridized carbons (Fsp3) is 0.417. The SMILES string of the molecule is CNC(C)CNC(=O)c1cc(Cl)ccc1OC(F)F. The summed E-state index contributed by atoms with van der Waals surface area (Å²) in [4.78, 5) is 11.9. The van der Waals surface area contributed by atoms with Gasteiger partial charge in [0.1, 0.15) is 5.75 Å². The van der Waals surface area contributed by atoms with Gasteiger partial charge in [0.25, 0.3) is 5.91 Å². The van der Waals surface area contributed by atoms with Crippen LogP contribution < -0.4 is 15.4 Å². The van der Waals surface area contributed by atoms with Gasteiger partial charge in [-0.05, 0) is 32.2 Å². The number of ether oxygens (including phenoxy) is 1. The summed E-state index contributed by atoms with van der Waals surface area (Å²) in [6, 6.07) is 3.97. The summed E-state index contributed by atoms with van der Waals surface area (Å²) in [5.74, 6) is -0.714. The Kier molecular flexibility index (Phi) is 5.98. The first-order valence-electron chi connectivity index (χ1n) is 5.64. The Balaban J connectivity index is 2.84. The molecule has 1 rings (SSSR count). The van der Waals surface area contributed by atoms with E-state index in [0.29, 0.717) is 6.54 Å². The van der Waals surface area contributed by atoms with Crippen LogP contribution in [0.15, 0.2) is 18.2 Å². The highest BCUT2D eigenvalue weighted by Gasteiger charge is 2.16. The number of carbonyl (C=O) groups is 1. The molecule has 0 fully saturated rings. The minimum Gasteiger partial charge on any atom is -0.434 e. The number of likely N-dealkylation sites (N-methyl/N-ethyl adjacent to an activating group) is 1. The summed E-state index contributed by atoms with van der Waals surface area (Å²) in [5, 5.41) is 5.82. The molecule has 0 aliphatic rings. The molecule has 1 atom stereocenters. The minimum absolute atomic E-state index is 0.0175. The number of hydrogen-bond donors (Lipinski definition) is 2. The molecule has 0 aliphatic heterocycles. The fourth-order valence-corrected chi connectivity index (χ4v) is 1.49. The van der Waals surface area contributed by atoms with Crippen LogP contribution >= 0.6 is 11.6 Å². The highest BCUT2D eigenvalue weighted by atomic mass is 35.5. The van der Waals surface area contributed by atoms with E-state index < -0.39 is 12.5 Å². The van der Waals surface area contributed by atoms with Crippen LogP contribution in [0.5, 0.6) is 5.75 Å². The van der Waals surface area contributed by atoms with Crippen LogP contribution in [0.25, 0.3) is 0 Å². The Hall–Kier alpha value is -1.40. The van der Waals surface area contributed by atoms with Crippen LogP contribution in [0.1, 0.15) is 17.3 Å². The summed E-state index contributed by atoms with van der Waals surface area (Å²) in [5.41, 5.74) is -0.0175. The van der Waals surface area contributed by atoms with E-state index in [1.165, 1.54) is 18.2 Å².